The lowest BCUT2D eigenvalue weighted by Gasteiger charge is -2.30. The van der Waals surface area contributed by atoms with Crippen molar-refractivity contribution in [1.29, 1.82) is 0 Å². The third-order valence-corrected chi connectivity index (χ3v) is 5.47. The van der Waals surface area contributed by atoms with Crippen molar-refractivity contribution in [2.24, 2.45) is 0 Å². The maximum atomic E-state index is 13.0. The molecule has 2 amide bonds. The molecule has 0 unspecified atom stereocenters. The molecular weight excluding hydrogens is 420 g/mol. The van der Waals surface area contributed by atoms with Gasteiger partial charge < -0.3 is 24.8 Å². The number of benzene rings is 3. The van der Waals surface area contributed by atoms with E-state index in [1.165, 1.54) is 7.11 Å². The fraction of sp³-hybridized carbons (Fsp3) is 0.231. The van der Waals surface area contributed by atoms with Gasteiger partial charge in [0.15, 0.2) is 0 Å². The molecule has 0 fully saturated rings. The molecule has 0 saturated carbocycles. The summed E-state index contributed by atoms with van der Waals surface area (Å²) in [4.78, 5) is 25.5. The first kappa shape index (κ1) is 22.4. The first-order chi connectivity index (χ1) is 16.1. The molecule has 2 N–H and O–H groups in total. The standard InChI is InChI=1S/C26H26N2O5/c1-17-22(25(29)32-15-14-31-2)24(28-26(30)27-17)23-20-11-7-6-10-19(20)12-13-21(23)33-16-18-8-4-3-5-9-18/h3-13,24H,14-16H2,1-2H3,(H2,27,28,30)/t24-/m0/s1. The number of carbonyl (C=O) groups is 2. The van der Waals surface area contributed by atoms with Crippen molar-refractivity contribution >= 4 is 22.8 Å². The zero-order valence-electron chi connectivity index (χ0n) is 18.6. The predicted octanol–water partition coefficient (Wildman–Crippen LogP) is 4.24. The Balaban J connectivity index is 1.78. The topological polar surface area (TPSA) is 85.9 Å². The fourth-order valence-corrected chi connectivity index (χ4v) is 3.91. The summed E-state index contributed by atoms with van der Waals surface area (Å²) in [6.07, 6.45) is 0. The van der Waals surface area contributed by atoms with Crippen molar-refractivity contribution < 1.29 is 23.8 Å². The SMILES string of the molecule is COCCOC(=O)C1=C(C)NC(=O)N[C@@H]1c1c(OCc2ccccc2)ccc2ccccc12. The van der Waals surface area contributed by atoms with Gasteiger partial charge in [0.2, 0.25) is 0 Å². The van der Waals surface area contributed by atoms with Crippen LogP contribution in [0.4, 0.5) is 4.79 Å². The van der Waals surface area contributed by atoms with Crippen molar-refractivity contribution in [3.05, 3.63) is 89.1 Å². The lowest BCUT2D eigenvalue weighted by Crippen LogP contribution is -2.45. The van der Waals surface area contributed by atoms with Crippen LogP contribution >= 0.6 is 0 Å². The average Bonchev–Trinajstić information content (AvgIpc) is 2.82. The van der Waals surface area contributed by atoms with Crippen LogP contribution in [0, 0.1) is 0 Å². The van der Waals surface area contributed by atoms with Crippen LogP contribution in [0.25, 0.3) is 10.8 Å². The minimum absolute atomic E-state index is 0.111. The van der Waals surface area contributed by atoms with Crippen LogP contribution in [0.5, 0.6) is 5.75 Å². The van der Waals surface area contributed by atoms with Crippen LogP contribution in [0.15, 0.2) is 78.0 Å². The molecule has 7 heteroatoms. The number of nitrogens with one attached hydrogen (secondary N) is 2. The molecule has 3 aromatic carbocycles. The average molecular weight is 447 g/mol. The summed E-state index contributed by atoms with van der Waals surface area (Å²) < 4.78 is 16.6. The largest absolute Gasteiger partial charge is 0.489 e. The molecule has 0 radical (unpaired) electrons. The van der Waals surface area contributed by atoms with E-state index >= 15 is 0 Å². The van der Waals surface area contributed by atoms with E-state index in [1.807, 2.05) is 66.7 Å². The number of carbonyl (C=O) groups excluding carboxylic acids is 2. The molecule has 4 rings (SSSR count). The van der Waals surface area contributed by atoms with Crippen molar-refractivity contribution in [3.8, 4) is 5.75 Å². The quantitative estimate of drug-likeness (QED) is 0.399. The summed E-state index contributed by atoms with van der Waals surface area (Å²) in [7, 11) is 1.54. The number of hydrogen-bond donors (Lipinski definition) is 2. The zero-order chi connectivity index (χ0) is 23.2. The van der Waals surface area contributed by atoms with Gasteiger partial charge in [-0.3, -0.25) is 0 Å². The van der Waals surface area contributed by atoms with E-state index in [0.717, 1.165) is 16.3 Å². The maximum absolute atomic E-state index is 13.0. The number of fused-ring (bicyclic) bond motifs is 1. The highest BCUT2D eigenvalue weighted by Gasteiger charge is 2.35. The van der Waals surface area contributed by atoms with Crippen LogP contribution in [0.1, 0.15) is 24.1 Å². The fourth-order valence-electron chi connectivity index (χ4n) is 3.91. The number of ether oxygens (including phenoxy) is 3. The first-order valence-corrected chi connectivity index (χ1v) is 10.7. The Morgan fingerprint density at radius 3 is 2.52 bits per heavy atom. The molecule has 33 heavy (non-hydrogen) atoms. The summed E-state index contributed by atoms with van der Waals surface area (Å²) in [5.74, 6) is 0.0590. The van der Waals surface area contributed by atoms with Gasteiger partial charge >= 0.3 is 12.0 Å². The number of methoxy groups -OCH3 is 1. The van der Waals surface area contributed by atoms with Gasteiger partial charge in [0, 0.05) is 18.4 Å². The molecule has 0 spiro atoms. The summed E-state index contributed by atoms with van der Waals surface area (Å²) in [6.45, 7) is 2.43. The second-order valence-electron chi connectivity index (χ2n) is 7.67. The summed E-state index contributed by atoms with van der Waals surface area (Å²) in [5, 5.41) is 7.43. The van der Waals surface area contributed by atoms with E-state index in [4.69, 9.17) is 14.2 Å². The van der Waals surface area contributed by atoms with Crippen LogP contribution in [-0.2, 0) is 20.9 Å². The molecule has 0 bridgehead atoms. The van der Waals surface area contributed by atoms with Gasteiger partial charge in [-0.2, -0.15) is 0 Å². The monoisotopic (exact) mass is 446 g/mol. The van der Waals surface area contributed by atoms with Gasteiger partial charge in [0.05, 0.1) is 18.2 Å². The lowest BCUT2D eigenvalue weighted by molar-refractivity contribution is -0.140. The van der Waals surface area contributed by atoms with Crippen LogP contribution in [-0.4, -0.2) is 32.3 Å². The van der Waals surface area contributed by atoms with Crippen molar-refractivity contribution in [1.82, 2.24) is 10.6 Å². The number of esters is 1. The Kier molecular flexibility index (Phi) is 6.90. The normalized spacial score (nSPS) is 15.7. The second-order valence-corrected chi connectivity index (χ2v) is 7.67. The van der Waals surface area contributed by atoms with Gasteiger partial charge in [-0.25, -0.2) is 9.59 Å². The van der Waals surface area contributed by atoms with E-state index in [2.05, 4.69) is 10.6 Å². The lowest BCUT2D eigenvalue weighted by atomic mass is 9.90. The minimum atomic E-state index is -0.745. The number of urea groups is 1. The minimum Gasteiger partial charge on any atom is -0.489 e. The molecule has 1 atom stereocenters. The number of hydrogen-bond acceptors (Lipinski definition) is 5. The van der Waals surface area contributed by atoms with E-state index in [0.29, 0.717) is 29.2 Å². The van der Waals surface area contributed by atoms with Crippen molar-refractivity contribution in [2.45, 2.75) is 19.6 Å². The summed E-state index contributed by atoms with van der Waals surface area (Å²) in [6, 6.07) is 20.3. The highest BCUT2D eigenvalue weighted by atomic mass is 16.6. The zero-order valence-corrected chi connectivity index (χ0v) is 18.6. The molecule has 7 nitrogen and oxygen atoms in total. The van der Waals surface area contributed by atoms with Crippen LogP contribution < -0.4 is 15.4 Å². The van der Waals surface area contributed by atoms with Gasteiger partial charge in [-0.1, -0.05) is 60.7 Å². The van der Waals surface area contributed by atoms with Crippen molar-refractivity contribution in [2.75, 3.05) is 20.3 Å². The Morgan fingerprint density at radius 2 is 1.73 bits per heavy atom. The molecule has 170 valence electrons. The number of allylic oxidation sites excluding steroid dienone is 1. The molecule has 3 aromatic rings. The molecule has 1 aliphatic heterocycles. The molecule has 1 aliphatic rings. The molecule has 0 aromatic heterocycles. The van der Waals surface area contributed by atoms with E-state index in [-0.39, 0.29) is 13.2 Å². The predicted molar refractivity (Wildman–Crippen MR) is 125 cm³/mol. The van der Waals surface area contributed by atoms with Crippen LogP contribution in [0.3, 0.4) is 0 Å². The maximum Gasteiger partial charge on any atom is 0.338 e. The Bertz CT molecular complexity index is 1190. The number of amides is 2. The Hall–Kier alpha value is -3.84. The first-order valence-electron chi connectivity index (χ1n) is 10.7. The third-order valence-electron chi connectivity index (χ3n) is 5.47. The molecular formula is C26H26N2O5. The second kappa shape index (κ2) is 10.2. The van der Waals surface area contributed by atoms with Crippen molar-refractivity contribution in [3.63, 3.8) is 0 Å². The highest BCUT2D eigenvalue weighted by molar-refractivity contribution is 5.98. The Labute approximate surface area is 192 Å². The smallest absolute Gasteiger partial charge is 0.338 e. The molecule has 0 aliphatic carbocycles. The van der Waals surface area contributed by atoms with E-state index in [9.17, 15) is 9.59 Å². The van der Waals surface area contributed by atoms with Crippen LogP contribution in [0.2, 0.25) is 0 Å². The van der Waals surface area contributed by atoms with E-state index in [1.54, 1.807) is 6.92 Å². The van der Waals surface area contributed by atoms with Gasteiger partial charge in [0.25, 0.3) is 0 Å². The van der Waals surface area contributed by atoms with Gasteiger partial charge in [-0.05, 0) is 29.3 Å². The van der Waals surface area contributed by atoms with Gasteiger partial charge in [-0.15, -0.1) is 0 Å². The number of rotatable bonds is 8. The summed E-state index contributed by atoms with van der Waals surface area (Å²) in [5.41, 5.74) is 2.48. The Morgan fingerprint density at radius 1 is 0.970 bits per heavy atom. The molecule has 1 heterocycles. The van der Waals surface area contributed by atoms with Gasteiger partial charge in [0.1, 0.15) is 19.0 Å². The molecule has 0 saturated heterocycles. The van der Waals surface area contributed by atoms with E-state index < -0.39 is 18.0 Å². The highest BCUT2D eigenvalue weighted by Crippen LogP contribution is 2.39. The third kappa shape index (κ3) is 4.99. The summed E-state index contributed by atoms with van der Waals surface area (Å²) >= 11 is 0.